The van der Waals surface area contributed by atoms with Crippen LogP contribution >= 0.6 is 0 Å². The third kappa shape index (κ3) is 4.82. The van der Waals surface area contributed by atoms with Crippen LogP contribution < -0.4 is 0 Å². The second kappa shape index (κ2) is 12.8. The van der Waals surface area contributed by atoms with Gasteiger partial charge >= 0.3 is 0 Å². The summed E-state index contributed by atoms with van der Waals surface area (Å²) in [6.45, 7) is 10.9. The van der Waals surface area contributed by atoms with Crippen LogP contribution in [0.1, 0.15) is 39.2 Å². The minimum atomic E-state index is 0.956. The molecule has 0 bridgehead atoms. The summed E-state index contributed by atoms with van der Waals surface area (Å²) in [6.07, 6.45) is 12.9. The van der Waals surface area contributed by atoms with Crippen LogP contribution in [-0.4, -0.2) is 14.7 Å². The van der Waals surface area contributed by atoms with Crippen molar-refractivity contribution in [3.63, 3.8) is 0 Å². The number of hydrogen-bond donors (Lipinski definition) is 0. The van der Waals surface area contributed by atoms with Crippen LogP contribution in [0.5, 0.6) is 0 Å². The van der Waals surface area contributed by atoms with Crippen molar-refractivity contribution in [2.45, 2.75) is 33.6 Å². The molecule has 10 rings (SSSR count). The molecule has 2 aromatic heterocycles. The minimum absolute atomic E-state index is 0.956. The highest BCUT2D eigenvalue weighted by atomic mass is 15.0. The number of aromatic nitrogens is 1. The summed E-state index contributed by atoms with van der Waals surface area (Å²) < 4.78 is 4.77. The molecule has 3 heterocycles. The SMILES string of the molecule is C=C1C=CC=C[N+](c2ccc3c4ccccc4c4ccccc4c3c2)=C1/C=C(\CCC)c1cc2c3ccccc3n3c4ccccc4c(c1)c23.CC. The van der Waals surface area contributed by atoms with Crippen molar-refractivity contribution in [1.82, 2.24) is 4.40 Å². The van der Waals surface area contributed by atoms with Gasteiger partial charge in [-0.15, -0.1) is 0 Å². The maximum absolute atomic E-state index is 4.59. The molecular weight excluding hydrogens is 629 g/mol. The molecular formula is C50H41N2+. The summed E-state index contributed by atoms with van der Waals surface area (Å²) in [7, 11) is 0. The van der Waals surface area contributed by atoms with Gasteiger partial charge in [-0.2, -0.15) is 4.58 Å². The molecule has 250 valence electrons. The molecule has 0 N–H and O–H groups in total. The molecule has 52 heavy (non-hydrogen) atoms. The highest BCUT2D eigenvalue weighted by Gasteiger charge is 2.23. The second-order valence-corrected chi connectivity index (χ2v) is 13.5. The Hall–Kier alpha value is -6.25. The lowest BCUT2D eigenvalue weighted by atomic mass is 9.93. The van der Waals surface area contributed by atoms with Gasteiger partial charge in [0.15, 0.2) is 6.20 Å². The van der Waals surface area contributed by atoms with Gasteiger partial charge in [0.1, 0.15) is 0 Å². The van der Waals surface area contributed by atoms with E-state index >= 15 is 0 Å². The van der Waals surface area contributed by atoms with Gasteiger partial charge < -0.3 is 4.40 Å². The average molecular weight is 670 g/mol. The van der Waals surface area contributed by atoms with Crippen LogP contribution in [-0.2, 0) is 0 Å². The summed E-state index contributed by atoms with van der Waals surface area (Å²) in [5, 5.41) is 12.9. The predicted molar refractivity (Wildman–Crippen MR) is 227 cm³/mol. The molecule has 0 saturated carbocycles. The van der Waals surface area contributed by atoms with E-state index in [1.165, 1.54) is 81.5 Å². The monoisotopic (exact) mass is 669 g/mol. The van der Waals surface area contributed by atoms with Crippen molar-refractivity contribution in [1.29, 1.82) is 0 Å². The number of benzene rings is 7. The van der Waals surface area contributed by atoms with Crippen molar-refractivity contribution in [3.05, 3.63) is 176 Å². The van der Waals surface area contributed by atoms with Gasteiger partial charge in [-0.05, 0) is 86.3 Å². The lowest BCUT2D eigenvalue weighted by molar-refractivity contribution is -0.358. The van der Waals surface area contributed by atoms with Crippen LogP contribution in [0.15, 0.2) is 170 Å². The van der Waals surface area contributed by atoms with Crippen molar-refractivity contribution in [2.24, 2.45) is 0 Å². The number of hydrogen-bond acceptors (Lipinski definition) is 0. The maximum atomic E-state index is 4.59. The van der Waals surface area contributed by atoms with E-state index in [1.54, 1.807) is 0 Å². The molecule has 2 nitrogen and oxygen atoms in total. The first-order valence-corrected chi connectivity index (χ1v) is 18.6. The predicted octanol–water partition coefficient (Wildman–Crippen LogP) is 13.9. The Morgan fingerprint density at radius 3 is 1.69 bits per heavy atom. The number of fused-ring (bicyclic) bond motifs is 12. The topological polar surface area (TPSA) is 7.42 Å². The first-order chi connectivity index (χ1) is 25.7. The van der Waals surface area contributed by atoms with E-state index < -0.39 is 0 Å². The fourth-order valence-corrected chi connectivity index (χ4v) is 8.43. The van der Waals surface area contributed by atoms with Gasteiger partial charge in [-0.3, -0.25) is 0 Å². The molecule has 2 heteroatoms. The van der Waals surface area contributed by atoms with Crippen LogP contribution in [0.3, 0.4) is 0 Å². The highest BCUT2D eigenvalue weighted by molar-refractivity contribution is 6.26. The van der Waals surface area contributed by atoms with E-state index in [-0.39, 0.29) is 0 Å². The zero-order valence-corrected chi connectivity index (χ0v) is 30.0. The maximum Gasteiger partial charge on any atom is 0.218 e. The fourth-order valence-electron chi connectivity index (χ4n) is 8.43. The van der Waals surface area contributed by atoms with Crippen LogP contribution in [0, 0.1) is 0 Å². The molecule has 7 aromatic carbocycles. The highest BCUT2D eigenvalue weighted by Crippen LogP contribution is 2.42. The largest absolute Gasteiger partial charge is 0.308 e. The number of nitrogens with zero attached hydrogens (tertiary/aromatic N) is 2. The zero-order valence-electron chi connectivity index (χ0n) is 30.0. The Morgan fingerprint density at radius 1 is 0.596 bits per heavy atom. The Labute approximate surface area is 304 Å². The Bertz CT molecular complexity index is 2880. The molecule has 0 unspecified atom stereocenters. The van der Waals surface area contributed by atoms with E-state index in [2.05, 4.69) is 180 Å². The lowest BCUT2D eigenvalue weighted by Gasteiger charge is -2.12. The lowest BCUT2D eigenvalue weighted by Crippen LogP contribution is -2.12. The molecule has 0 spiro atoms. The van der Waals surface area contributed by atoms with Crippen LogP contribution in [0.2, 0.25) is 0 Å². The smallest absolute Gasteiger partial charge is 0.218 e. The van der Waals surface area contributed by atoms with Crippen LogP contribution in [0.4, 0.5) is 5.69 Å². The molecule has 9 aromatic rings. The van der Waals surface area contributed by atoms with E-state index in [1.807, 2.05) is 13.8 Å². The zero-order chi connectivity index (χ0) is 35.3. The summed E-state index contributed by atoms with van der Waals surface area (Å²) in [5.74, 6) is 0. The third-order valence-corrected chi connectivity index (χ3v) is 10.6. The molecule has 0 fully saturated rings. The van der Waals surface area contributed by atoms with E-state index in [9.17, 15) is 0 Å². The summed E-state index contributed by atoms with van der Waals surface area (Å²) >= 11 is 0. The van der Waals surface area contributed by atoms with E-state index in [4.69, 9.17) is 0 Å². The molecule has 1 aliphatic rings. The molecule has 0 radical (unpaired) electrons. The fraction of sp³-hybridized carbons (Fsp3) is 0.100. The third-order valence-electron chi connectivity index (χ3n) is 10.6. The Kier molecular flexibility index (Phi) is 7.82. The van der Waals surface area contributed by atoms with Crippen molar-refractivity contribution in [3.8, 4) is 0 Å². The molecule has 0 atom stereocenters. The molecule has 1 aliphatic heterocycles. The summed E-state index contributed by atoms with van der Waals surface area (Å²) in [6, 6.07) is 47.0. The van der Waals surface area contributed by atoms with Gasteiger partial charge in [0.25, 0.3) is 0 Å². The normalized spacial score (nSPS) is 13.8. The van der Waals surface area contributed by atoms with Crippen molar-refractivity contribution >= 4 is 87.4 Å². The number of para-hydroxylation sites is 2. The first kappa shape index (κ1) is 31.7. The molecule has 0 aliphatic carbocycles. The van der Waals surface area contributed by atoms with Crippen molar-refractivity contribution < 1.29 is 4.58 Å². The summed E-state index contributed by atoms with van der Waals surface area (Å²) in [4.78, 5) is 0. The molecule has 0 amide bonds. The Morgan fingerprint density at radius 2 is 1.12 bits per heavy atom. The Balaban J connectivity index is 0.00000177. The van der Waals surface area contributed by atoms with Crippen molar-refractivity contribution in [2.75, 3.05) is 0 Å². The van der Waals surface area contributed by atoms with E-state index in [0.29, 0.717) is 0 Å². The minimum Gasteiger partial charge on any atom is -0.308 e. The average Bonchev–Trinajstić information content (AvgIpc) is 3.65. The van der Waals surface area contributed by atoms with E-state index in [0.717, 1.165) is 29.8 Å². The first-order valence-electron chi connectivity index (χ1n) is 18.6. The van der Waals surface area contributed by atoms with Gasteiger partial charge in [-0.1, -0.05) is 125 Å². The number of allylic oxidation sites excluding steroid dienone is 6. The van der Waals surface area contributed by atoms with Gasteiger partial charge in [0, 0.05) is 51.4 Å². The second-order valence-electron chi connectivity index (χ2n) is 13.5. The van der Waals surface area contributed by atoms with Crippen LogP contribution in [0.25, 0.3) is 76.0 Å². The van der Waals surface area contributed by atoms with Gasteiger partial charge in [-0.25, -0.2) is 0 Å². The number of rotatable bonds is 5. The summed E-state index contributed by atoms with van der Waals surface area (Å²) in [5.41, 5.74) is 9.60. The van der Waals surface area contributed by atoms with Gasteiger partial charge in [0.05, 0.1) is 16.6 Å². The molecule has 0 saturated heterocycles. The van der Waals surface area contributed by atoms with Gasteiger partial charge in [0.2, 0.25) is 11.4 Å². The standard InChI is InChI=1S/C48H35N2.C2H6/c1-3-14-32(33-27-43-40-20-8-10-22-45(40)50-46-23-11-9-21-41(46)44(28-33)48(43)50)29-47-31(2)15-12-13-26-49(47)34-24-25-39-37-18-5-4-16-35(37)36-17-6-7-19-38(36)42(39)30-34;1-2/h4-13,15-30H,2-3,14H2,1H3;1-2H3/q+1;. The quantitative estimate of drug-likeness (QED) is 0.127.